The molecule has 164 valence electrons. The Hall–Kier alpha value is -0.803. The van der Waals surface area contributed by atoms with Crippen molar-refractivity contribution in [1.82, 2.24) is 0 Å². The summed E-state index contributed by atoms with van der Waals surface area (Å²) in [6.45, 7) is 21.8. The number of hydrogen-bond acceptors (Lipinski definition) is 2. The summed E-state index contributed by atoms with van der Waals surface area (Å²) < 4.78 is 12.4. The molecule has 0 aliphatic heterocycles. The van der Waals surface area contributed by atoms with Crippen molar-refractivity contribution in [3.05, 3.63) is 35.3 Å². The van der Waals surface area contributed by atoms with Crippen molar-refractivity contribution in [3.63, 3.8) is 0 Å². The van der Waals surface area contributed by atoms with Crippen LogP contribution in [0.15, 0.2) is 34.2 Å². The molecule has 0 amide bonds. The van der Waals surface area contributed by atoms with Gasteiger partial charge in [0.25, 0.3) is 0 Å². The lowest BCUT2D eigenvalue weighted by molar-refractivity contribution is -0.0182. The van der Waals surface area contributed by atoms with Crippen LogP contribution >= 0.6 is 0 Å². The Morgan fingerprint density at radius 2 is 1.83 bits per heavy atom. The predicted molar refractivity (Wildman–Crippen MR) is 126 cm³/mol. The highest BCUT2D eigenvalue weighted by Gasteiger charge is 2.53. The van der Waals surface area contributed by atoms with Crippen molar-refractivity contribution in [2.75, 3.05) is 0 Å². The molecular weight excluding hydrogens is 372 g/mol. The first kappa shape index (κ1) is 22.9. The number of aryl methyl sites for hydroxylation is 1. The van der Waals surface area contributed by atoms with Gasteiger partial charge in [-0.15, -0.1) is 0 Å². The molecule has 0 radical (unpaired) electrons. The second kappa shape index (κ2) is 7.71. The Morgan fingerprint density at radius 1 is 1.14 bits per heavy atom. The van der Waals surface area contributed by atoms with E-state index >= 15 is 0 Å². The molecule has 0 unspecified atom stereocenters. The normalized spacial score (nSPS) is 30.4. The summed E-state index contributed by atoms with van der Waals surface area (Å²) in [4.78, 5) is 0. The minimum atomic E-state index is -1.82. The van der Waals surface area contributed by atoms with Crippen molar-refractivity contribution in [3.8, 4) is 0 Å². The minimum Gasteiger partial charge on any atom is -0.472 e. The summed E-state index contributed by atoms with van der Waals surface area (Å²) in [5.41, 5.74) is 5.22. The molecule has 2 aliphatic carbocycles. The van der Waals surface area contributed by atoms with Crippen LogP contribution in [0.4, 0.5) is 0 Å². The molecule has 3 atom stereocenters. The summed E-state index contributed by atoms with van der Waals surface area (Å²) in [6, 6.07) is 2.12. The Morgan fingerprint density at radius 3 is 2.41 bits per heavy atom. The lowest BCUT2D eigenvalue weighted by Gasteiger charge is -2.57. The second-order valence-electron chi connectivity index (χ2n) is 12.2. The Bertz CT molecular complexity index is 735. The van der Waals surface area contributed by atoms with Gasteiger partial charge in [0, 0.05) is 0 Å². The van der Waals surface area contributed by atoms with E-state index in [9.17, 15) is 0 Å². The van der Waals surface area contributed by atoms with Crippen molar-refractivity contribution in [1.29, 1.82) is 0 Å². The molecule has 1 saturated carbocycles. The third-order valence-corrected chi connectivity index (χ3v) is 13.3. The molecule has 0 aromatic carbocycles. The van der Waals surface area contributed by atoms with E-state index in [4.69, 9.17) is 8.84 Å². The Balaban J connectivity index is 1.98. The summed E-state index contributed by atoms with van der Waals surface area (Å²) in [6.07, 6.45) is 11.4. The first-order chi connectivity index (χ1) is 13.3. The van der Waals surface area contributed by atoms with Crippen LogP contribution in [0, 0.1) is 16.7 Å². The molecule has 0 saturated heterocycles. The van der Waals surface area contributed by atoms with E-state index in [1.165, 1.54) is 36.8 Å². The highest BCUT2D eigenvalue weighted by Crippen LogP contribution is 2.61. The van der Waals surface area contributed by atoms with Gasteiger partial charge in [0.2, 0.25) is 0 Å². The van der Waals surface area contributed by atoms with Gasteiger partial charge in [-0.25, -0.2) is 0 Å². The Labute approximate surface area is 180 Å². The van der Waals surface area contributed by atoms with Gasteiger partial charge >= 0.3 is 0 Å². The summed E-state index contributed by atoms with van der Waals surface area (Å²) in [5.74, 6) is 0.696. The van der Waals surface area contributed by atoms with Gasteiger partial charge in [-0.1, -0.05) is 53.5 Å². The van der Waals surface area contributed by atoms with Gasteiger partial charge in [0.05, 0.1) is 18.6 Å². The maximum absolute atomic E-state index is 7.07. The third-order valence-electron chi connectivity index (χ3n) is 8.81. The summed E-state index contributed by atoms with van der Waals surface area (Å²) in [7, 11) is -1.82. The number of allylic oxidation sites excluding steroid dienone is 1. The van der Waals surface area contributed by atoms with Crippen LogP contribution in [-0.4, -0.2) is 14.4 Å². The molecule has 1 aromatic rings. The van der Waals surface area contributed by atoms with E-state index in [2.05, 4.69) is 67.6 Å². The van der Waals surface area contributed by atoms with Gasteiger partial charge in [-0.2, -0.15) is 0 Å². The van der Waals surface area contributed by atoms with Crippen LogP contribution in [0.3, 0.4) is 0 Å². The summed E-state index contributed by atoms with van der Waals surface area (Å²) >= 11 is 0. The topological polar surface area (TPSA) is 22.4 Å². The standard InChI is InChI=1S/C26H44O2Si/c1-19-21(12-11-20-13-16-27-18-20)26(7)15-10-14-25(5,6)23(26)17-22(19)28-29(8,9)24(2,3)4/h13,16,18,22-23H,10-12,14-15,17H2,1-9H3/t22-,23-,26+/m0/s1. The molecule has 2 nitrogen and oxygen atoms in total. The van der Waals surface area contributed by atoms with Gasteiger partial charge < -0.3 is 8.84 Å². The molecule has 2 aliphatic rings. The van der Waals surface area contributed by atoms with E-state index in [-0.39, 0.29) is 11.1 Å². The molecule has 0 bridgehead atoms. The molecular formula is C26H44O2Si. The van der Waals surface area contributed by atoms with Crippen molar-refractivity contribution in [2.45, 2.75) is 111 Å². The van der Waals surface area contributed by atoms with Crippen LogP contribution < -0.4 is 0 Å². The smallest absolute Gasteiger partial charge is 0.192 e. The highest BCUT2D eigenvalue weighted by molar-refractivity contribution is 6.74. The zero-order valence-electron chi connectivity index (χ0n) is 20.4. The van der Waals surface area contributed by atoms with Crippen LogP contribution in [0.25, 0.3) is 0 Å². The van der Waals surface area contributed by atoms with Gasteiger partial charge in [0.1, 0.15) is 0 Å². The van der Waals surface area contributed by atoms with Crippen molar-refractivity contribution in [2.24, 2.45) is 16.7 Å². The van der Waals surface area contributed by atoms with Crippen molar-refractivity contribution >= 4 is 8.32 Å². The third kappa shape index (κ3) is 4.32. The second-order valence-corrected chi connectivity index (χ2v) is 17.0. The summed E-state index contributed by atoms with van der Waals surface area (Å²) in [5, 5.41) is 0.243. The molecule has 0 spiro atoms. The van der Waals surface area contributed by atoms with Crippen LogP contribution in [0.2, 0.25) is 18.1 Å². The zero-order valence-corrected chi connectivity index (χ0v) is 21.4. The fourth-order valence-electron chi connectivity index (χ4n) is 5.95. The van der Waals surface area contributed by atoms with Crippen LogP contribution in [0.1, 0.15) is 86.1 Å². The van der Waals surface area contributed by atoms with Gasteiger partial charge in [0.15, 0.2) is 8.32 Å². The van der Waals surface area contributed by atoms with E-state index in [1.54, 1.807) is 11.8 Å². The maximum Gasteiger partial charge on any atom is 0.192 e. The predicted octanol–water partition coefficient (Wildman–Crippen LogP) is 8.16. The molecule has 3 heteroatoms. The van der Waals surface area contributed by atoms with E-state index in [0.29, 0.717) is 16.7 Å². The maximum atomic E-state index is 7.07. The average molecular weight is 417 g/mol. The molecule has 29 heavy (non-hydrogen) atoms. The first-order valence-electron chi connectivity index (χ1n) is 11.7. The fraction of sp³-hybridized carbons (Fsp3) is 0.769. The Kier molecular flexibility index (Phi) is 6.08. The molecule has 0 N–H and O–H groups in total. The van der Waals surface area contributed by atoms with Gasteiger partial charge in [-0.3, -0.25) is 0 Å². The lowest BCUT2D eigenvalue weighted by atomic mass is 9.49. The lowest BCUT2D eigenvalue weighted by Crippen LogP contribution is -2.52. The SMILES string of the molecule is CC1=C(CCc2ccoc2)[C@@]2(C)CCCC(C)(C)[C@@H]2C[C@@H]1O[Si](C)(C)C(C)(C)C. The van der Waals surface area contributed by atoms with E-state index in [0.717, 1.165) is 12.8 Å². The van der Waals surface area contributed by atoms with Crippen LogP contribution in [-0.2, 0) is 10.8 Å². The van der Waals surface area contributed by atoms with E-state index < -0.39 is 8.32 Å². The molecule has 1 fully saturated rings. The quantitative estimate of drug-likeness (QED) is 0.357. The van der Waals surface area contributed by atoms with Crippen LogP contribution in [0.5, 0.6) is 0 Å². The fourth-order valence-corrected chi connectivity index (χ4v) is 7.29. The monoisotopic (exact) mass is 416 g/mol. The number of furan rings is 1. The number of fused-ring (bicyclic) bond motifs is 1. The molecule has 1 aromatic heterocycles. The first-order valence-corrected chi connectivity index (χ1v) is 14.6. The van der Waals surface area contributed by atoms with E-state index in [1.807, 2.05) is 6.26 Å². The number of rotatable bonds is 5. The number of hydrogen-bond donors (Lipinski definition) is 0. The van der Waals surface area contributed by atoms with Crippen molar-refractivity contribution < 1.29 is 8.84 Å². The zero-order chi connectivity index (χ0) is 21.7. The minimum absolute atomic E-state index is 0.243. The largest absolute Gasteiger partial charge is 0.472 e. The average Bonchev–Trinajstić information content (AvgIpc) is 3.08. The highest BCUT2D eigenvalue weighted by atomic mass is 28.4. The molecule has 1 heterocycles. The molecule has 3 rings (SSSR count). The van der Waals surface area contributed by atoms with Gasteiger partial charge in [-0.05, 0) is 91.1 Å².